The number of fused-ring (bicyclic) bond motifs is 2. The number of carbonyl (C=O) groups is 3. The van der Waals surface area contributed by atoms with Crippen molar-refractivity contribution in [2.75, 3.05) is 94.3 Å². The van der Waals surface area contributed by atoms with Crippen molar-refractivity contribution in [2.45, 2.75) is 89.1 Å². The monoisotopic (exact) mass is 1070 g/mol. The predicted molar refractivity (Wildman–Crippen MR) is 266 cm³/mol. The van der Waals surface area contributed by atoms with Crippen molar-refractivity contribution in [3.63, 3.8) is 0 Å². The van der Waals surface area contributed by atoms with Gasteiger partial charge in [0.1, 0.15) is 11.9 Å². The van der Waals surface area contributed by atoms with Crippen molar-refractivity contribution >= 4 is 65.1 Å². The lowest BCUT2D eigenvalue weighted by atomic mass is 9.77. The minimum absolute atomic E-state index is 0.0402. The summed E-state index contributed by atoms with van der Waals surface area (Å²) in [6.45, 7) is 11.4. The van der Waals surface area contributed by atoms with Gasteiger partial charge in [-0.25, -0.2) is 4.79 Å². The second-order valence-electron chi connectivity index (χ2n) is 18.7. The average molecular weight is 1070 g/mol. The molecule has 5 rings (SSSR count). The Morgan fingerprint density at radius 1 is 0.833 bits per heavy atom. The van der Waals surface area contributed by atoms with E-state index in [0.29, 0.717) is 79.6 Å². The van der Waals surface area contributed by atoms with E-state index >= 15 is 0 Å². The van der Waals surface area contributed by atoms with Gasteiger partial charge in [-0.1, -0.05) is 26.8 Å². The fourth-order valence-corrected chi connectivity index (χ4v) is 10.1. The van der Waals surface area contributed by atoms with Gasteiger partial charge in [0.05, 0.1) is 62.6 Å². The predicted octanol–water partition coefficient (Wildman–Crippen LogP) is 5.18. The molecular formula is C48H67N3O18S3. The SMILES string of the molecule is COCCOCCOCCOCCN(CCCS(=O)(=O)O)c1ccc2c(c1)OC(/C=C/C=C1/N(CCCS(=O)(=O)O)c3ccc(S(=O)(=O)O)cc3C1(C)CCCC(=O)ON1C(=O)CCC1=O)C=C2C(C)(C)C. The van der Waals surface area contributed by atoms with Crippen LogP contribution in [0.4, 0.5) is 11.4 Å². The first-order valence-electron chi connectivity index (χ1n) is 23.6. The van der Waals surface area contributed by atoms with E-state index in [1.54, 1.807) is 37.2 Å². The number of imide groups is 1. The molecule has 2 aromatic rings. The van der Waals surface area contributed by atoms with Gasteiger partial charge in [-0.05, 0) is 97.7 Å². The number of nitrogens with zero attached hydrogens (tertiary/aromatic N) is 3. The van der Waals surface area contributed by atoms with Crippen LogP contribution in [0.5, 0.6) is 5.75 Å². The average Bonchev–Trinajstić information content (AvgIpc) is 3.72. The van der Waals surface area contributed by atoms with Crippen LogP contribution in [0, 0.1) is 5.41 Å². The minimum Gasteiger partial charge on any atom is -0.482 e. The third-order valence-corrected chi connectivity index (χ3v) is 14.6. The van der Waals surface area contributed by atoms with Crippen LogP contribution in [-0.4, -0.2) is 152 Å². The van der Waals surface area contributed by atoms with Crippen molar-refractivity contribution in [3.05, 3.63) is 77.5 Å². The number of ether oxygens (including phenoxy) is 5. The Kier molecular flexibility index (Phi) is 20.6. The Morgan fingerprint density at radius 3 is 2.07 bits per heavy atom. The second-order valence-corrected chi connectivity index (χ2v) is 23.2. The van der Waals surface area contributed by atoms with Crippen LogP contribution < -0.4 is 14.5 Å². The zero-order valence-corrected chi connectivity index (χ0v) is 43.8. The molecule has 72 heavy (non-hydrogen) atoms. The zero-order chi connectivity index (χ0) is 52.9. The Hall–Kier alpha value is -4.76. The molecule has 21 nitrogen and oxygen atoms in total. The molecule has 24 heteroatoms. The molecule has 0 radical (unpaired) electrons. The highest BCUT2D eigenvalue weighted by atomic mass is 32.2. The zero-order valence-electron chi connectivity index (χ0n) is 41.3. The number of rotatable bonds is 29. The maximum Gasteiger partial charge on any atom is 0.333 e. The van der Waals surface area contributed by atoms with Crippen molar-refractivity contribution in [1.29, 1.82) is 0 Å². The molecular weight excluding hydrogens is 1000 g/mol. The summed E-state index contributed by atoms with van der Waals surface area (Å²) in [7, 11) is -11.7. The van der Waals surface area contributed by atoms with E-state index < -0.39 is 76.1 Å². The van der Waals surface area contributed by atoms with Gasteiger partial charge in [0.25, 0.3) is 42.2 Å². The molecule has 0 spiro atoms. The van der Waals surface area contributed by atoms with Gasteiger partial charge in [-0.3, -0.25) is 23.2 Å². The number of allylic oxidation sites excluding steroid dienone is 4. The van der Waals surface area contributed by atoms with Crippen LogP contribution in [0.1, 0.15) is 83.8 Å². The van der Waals surface area contributed by atoms with Gasteiger partial charge in [0.15, 0.2) is 0 Å². The summed E-state index contributed by atoms with van der Waals surface area (Å²) in [4.78, 5) is 45.6. The molecule has 0 bridgehead atoms. The van der Waals surface area contributed by atoms with E-state index in [0.717, 1.165) is 11.1 Å². The topological polar surface area (TPSA) is 279 Å². The molecule has 3 heterocycles. The largest absolute Gasteiger partial charge is 0.482 e. The number of amides is 2. The van der Waals surface area contributed by atoms with Crippen molar-refractivity contribution < 1.29 is 81.8 Å². The van der Waals surface area contributed by atoms with Crippen molar-refractivity contribution in [1.82, 2.24) is 5.06 Å². The van der Waals surface area contributed by atoms with Crippen LogP contribution >= 0.6 is 0 Å². The number of hydrogen-bond donors (Lipinski definition) is 3. The molecule has 2 amide bonds. The fraction of sp³-hybridized carbons (Fsp3) is 0.562. The minimum atomic E-state index is -4.69. The molecule has 2 aromatic carbocycles. The maximum absolute atomic E-state index is 12.9. The molecule has 400 valence electrons. The first-order valence-corrected chi connectivity index (χ1v) is 28.2. The van der Waals surface area contributed by atoms with Gasteiger partial charge >= 0.3 is 5.97 Å². The molecule has 3 N–H and O–H groups in total. The molecule has 3 aliphatic rings. The quantitative estimate of drug-likeness (QED) is 0.0538. The smallest absolute Gasteiger partial charge is 0.333 e. The number of anilines is 2. The molecule has 1 fully saturated rings. The fourth-order valence-electron chi connectivity index (χ4n) is 8.63. The van der Waals surface area contributed by atoms with Crippen molar-refractivity contribution in [2.24, 2.45) is 5.41 Å². The van der Waals surface area contributed by atoms with E-state index in [4.69, 9.17) is 28.5 Å². The lowest BCUT2D eigenvalue weighted by molar-refractivity contribution is -0.197. The highest BCUT2D eigenvalue weighted by Crippen LogP contribution is 2.52. The molecule has 2 atom stereocenters. The third kappa shape index (κ3) is 16.9. The van der Waals surface area contributed by atoms with Crippen LogP contribution in [-0.2, 0) is 73.9 Å². The van der Waals surface area contributed by atoms with Crippen LogP contribution in [0.2, 0.25) is 0 Å². The Bertz CT molecular complexity index is 2670. The second kappa shape index (κ2) is 25.5. The van der Waals surface area contributed by atoms with E-state index in [1.807, 2.05) is 29.2 Å². The maximum atomic E-state index is 12.9. The standard InChI is InChI=1S/C48H67N3O18S3/c1-47(2,3)39-33-36(68-42-32-35(13-15-38(39)42)49(20-8-30-70(55,56)57)22-23-65-26-27-67-29-28-66-25-24-64-5)10-6-11-43-48(4,19-7-12-46(54)69-51-44(52)17-18-45(51)53)40-34-37(72(61,62)63)14-16-41(40)50(43)21-9-31-71(58,59)60/h6,10-11,13-16,32-34,36H,7-9,12,17-31H2,1-5H3,(H,55,56,57)(H,58,59,60)(H,61,62,63)/b10-6+,43-11+. The summed E-state index contributed by atoms with van der Waals surface area (Å²) >= 11 is 0. The van der Waals surface area contributed by atoms with Crippen LogP contribution in [0.25, 0.3) is 5.57 Å². The summed E-state index contributed by atoms with van der Waals surface area (Å²) < 4.78 is 129. The highest BCUT2D eigenvalue weighted by Gasteiger charge is 2.44. The first kappa shape index (κ1) is 58.1. The number of hydrogen-bond acceptors (Lipinski definition) is 17. The number of hydroxylamine groups is 2. The number of carbonyl (C=O) groups excluding carboxylic acids is 3. The molecule has 0 saturated carbocycles. The van der Waals surface area contributed by atoms with Gasteiger partial charge < -0.3 is 38.3 Å². The highest BCUT2D eigenvalue weighted by molar-refractivity contribution is 7.86. The van der Waals surface area contributed by atoms with Crippen LogP contribution in [0.15, 0.2) is 71.3 Å². The summed E-state index contributed by atoms with van der Waals surface area (Å²) in [6.07, 6.45) is 6.59. The van der Waals surface area contributed by atoms with E-state index in [1.165, 1.54) is 18.2 Å². The lowest BCUT2D eigenvalue weighted by Crippen LogP contribution is -2.32. The molecule has 0 aromatic heterocycles. The molecule has 3 aliphatic heterocycles. The first-order chi connectivity index (χ1) is 33.8. The van der Waals surface area contributed by atoms with Gasteiger partial charge in [-0.2, -0.15) is 25.3 Å². The summed E-state index contributed by atoms with van der Waals surface area (Å²) in [6, 6.07) is 9.73. The summed E-state index contributed by atoms with van der Waals surface area (Å²) in [5, 5.41) is 0.454. The molecule has 1 saturated heterocycles. The summed E-state index contributed by atoms with van der Waals surface area (Å²) in [5.74, 6) is -2.59. The van der Waals surface area contributed by atoms with E-state index in [-0.39, 0.29) is 70.1 Å². The van der Waals surface area contributed by atoms with E-state index in [2.05, 4.69) is 20.8 Å². The third-order valence-electron chi connectivity index (χ3n) is 12.1. The van der Waals surface area contributed by atoms with Crippen LogP contribution in [0.3, 0.4) is 0 Å². The van der Waals surface area contributed by atoms with E-state index in [9.17, 15) is 53.3 Å². The molecule has 0 aliphatic carbocycles. The van der Waals surface area contributed by atoms with Gasteiger partial charge in [0, 0.05) is 80.1 Å². The Balaban J connectivity index is 1.43. The Morgan fingerprint density at radius 2 is 1.46 bits per heavy atom. The Labute approximate surface area is 422 Å². The number of methoxy groups -OCH3 is 1. The summed E-state index contributed by atoms with van der Waals surface area (Å²) in [5.41, 5.74) is 2.51. The number of benzene rings is 2. The molecule has 2 unspecified atom stereocenters. The van der Waals surface area contributed by atoms with Gasteiger partial charge in [0.2, 0.25) is 0 Å². The normalized spacial score (nSPS) is 19.0. The van der Waals surface area contributed by atoms with Crippen molar-refractivity contribution in [3.8, 4) is 5.75 Å². The lowest BCUT2D eigenvalue weighted by Gasteiger charge is -2.33. The van der Waals surface area contributed by atoms with Gasteiger partial charge in [-0.15, -0.1) is 5.06 Å².